The molecule has 0 spiro atoms. The van der Waals surface area contributed by atoms with Gasteiger partial charge in [0.2, 0.25) is 0 Å². The Morgan fingerprint density at radius 2 is 1.79 bits per heavy atom. The third-order valence-corrected chi connectivity index (χ3v) is 7.00. The lowest BCUT2D eigenvalue weighted by Gasteiger charge is -2.31. The van der Waals surface area contributed by atoms with Crippen LogP contribution in [0.1, 0.15) is 17.5 Å². The van der Waals surface area contributed by atoms with Crippen molar-refractivity contribution in [2.75, 3.05) is 10.7 Å². The Bertz CT molecular complexity index is 504. The van der Waals surface area contributed by atoms with Gasteiger partial charge >= 0.3 is 0 Å². The van der Waals surface area contributed by atoms with Crippen molar-refractivity contribution >= 4 is 59.1 Å². The van der Waals surface area contributed by atoms with Crippen molar-refractivity contribution in [1.82, 2.24) is 0 Å². The van der Waals surface area contributed by atoms with Gasteiger partial charge in [0, 0.05) is 20.5 Å². The Hall–Kier alpha value is 0.360. The number of hydrogen-bond acceptors (Lipinski definition) is 1. The third kappa shape index (κ3) is 3.72. The molecule has 0 fully saturated rings. The molecule has 0 aliphatic heterocycles. The van der Waals surface area contributed by atoms with E-state index >= 15 is 0 Å². The quantitative estimate of drug-likeness (QED) is 0.446. The Kier molecular flexibility index (Phi) is 6.12. The third-order valence-electron chi connectivity index (χ3n) is 3.43. The summed E-state index contributed by atoms with van der Waals surface area (Å²) < 4.78 is 1.19. The first-order chi connectivity index (χ1) is 9.22. The van der Waals surface area contributed by atoms with Gasteiger partial charge in [-0.3, -0.25) is 0 Å². The van der Waals surface area contributed by atoms with Gasteiger partial charge < -0.3 is 0 Å². The molecule has 2 aromatic rings. The maximum Gasteiger partial charge on any atom is 0.0213 e. The zero-order chi connectivity index (χ0) is 13.7. The highest BCUT2D eigenvalue weighted by Gasteiger charge is 2.31. The highest BCUT2D eigenvalue weighted by molar-refractivity contribution is 9.10. The minimum atomic E-state index is 0.127. The molecule has 0 aliphatic rings. The van der Waals surface area contributed by atoms with Crippen LogP contribution in [0.3, 0.4) is 0 Å². The summed E-state index contributed by atoms with van der Waals surface area (Å²) in [6.07, 6.45) is 2.24. The molecule has 0 N–H and O–H groups in total. The largest absolute Gasteiger partial charge is 0.152 e. The lowest BCUT2D eigenvalue weighted by atomic mass is 9.80. The normalized spacial score (nSPS) is 11.7. The summed E-state index contributed by atoms with van der Waals surface area (Å²) in [6, 6.07) is 10.8. The SMILES string of the molecule is BrCC(CBr)(CCc1ccsc1)c1ccccc1Br. The van der Waals surface area contributed by atoms with Crippen LogP contribution in [0.5, 0.6) is 0 Å². The highest BCUT2D eigenvalue weighted by Crippen LogP contribution is 2.37. The molecule has 1 aromatic carbocycles. The fraction of sp³-hybridized carbons (Fsp3) is 0.333. The Morgan fingerprint density at radius 1 is 1.05 bits per heavy atom. The van der Waals surface area contributed by atoms with Crippen LogP contribution >= 0.6 is 59.1 Å². The summed E-state index contributed by atoms with van der Waals surface area (Å²) in [6.45, 7) is 0. The van der Waals surface area contributed by atoms with Crippen molar-refractivity contribution in [1.29, 1.82) is 0 Å². The first-order valence-electron chi connectivity index (χ1n) is 6.10. The van der Waals surface area contributed by atoms with E-state index in [1.165, 1.54) is 15.6 Å². The number of aryl methyl sites for hydroxylation is 1. The molecule has 102 valence electrons. The molecule has 0 unspecified atom stereocenters. The average Bonchev–Trinajstić information content (AvgIpc) is 2.95. The van der Waals surface area contributed by atoms with E-state index in [1.54, 1.807) is 11.3 Å². The lowest BCUT2D eigenvalue weighted by molar-refractivity contribution is 0.503. The van der Waals surface area contributed by atoms with E-state index in [1.807, 2.05) is 0 Å². The van der Waals surface area contributed by atoms with Gasteiger partial charge in [-0.15, -0.1) is 0 Å². The van der Waals surface area contributed by atoms with Crippen LogP contribution in [0, 0.1) is 0 Å². The fourth-order valence-electron chi connectivity index (χ4n) is 2.16. The smallest absolute Gasteiger partial charge is 0.0213 e. The average molecular weight is 467 g/mol. The first-order valence-corrected chi connectivity index (χ1v) is 10.1. The van der Waals surface area contributed by atoms with E-state index in [2.05, 4.69) is 88.9 Å². The number of hydrogen-bond donors (Lipinski definition) is 0. The Morgan fingerprint density at radius 3 is 2.37 bits per heavy atom. The topological polar surface area (TPSA) is 0 Å². The van der Waals surface area contributed by atoms with Crippen molar-refractivity contribution < 1.29 is 0 Å². The number of rotatable bonds is 6. The predicted octanol–water partition coefficient (Wildman–Crippen LogP) is 6.17. The van der Waals surface area contributed by atoms with Crippen molar-refractivity contribution in [3.8, 4) is 0 Å². The van der Waals surface area contributed by atoms with E-state index in [-0.39, 0.29) is 5.41 Å². The molecule has 1 aromatic heterocycles. The van der Waals surface area contributed by atoms with Crippen molar-refractivity contribution in [2.24, 2.45) is 0 Å². The van der Waals surface area contributed by atoms with Gasteiger partial charge in [-0.2, -0.15) is 11.3 Å². The lowest BCUT2D eigenvalue weighted by Crippen LogP contribution is -2.31. The van der Waals surface area contributed by atoms with Crippen LogP contribution in [0.4, 0.5) is 0 Å². The van der Waals surface area contributed by atoms with Gasteiger partial charge in [-0.1, -0.05) is 66.0 Å². The molecule has 0 aliphatic carbocycles. The second-order valence-electron chi connectivity index (χ2n) is 4.66. The van der Waals surface area contributed by atoms with Crippen LogP contribution in [0.15, 0.2) is 45.6 Å². The first kappa shape index (κ1) is 15.7. The number of thiophene rings is 1. The van der Waals surface area contributed by atoms with Crippen molar-refractivity contribution in [3.63, 3.8) is 0 Å². The van der Waals surface area contributed by atoms with Gasteiger partial charge in [0.05, 0.1) is 0 Å². The molecule has 0 saturated carbocycles. The molecule has 2 rings (SSSR count). The minimum absolute atomic E-state index is 0.127. The minimum Gasteiger partial charge on any atom is -0.152 e. The molecule has 0 amide bonds. The van der Waals surface area contributed by atoms with Gasteiger partial charge in [0.15, 0.2) is 0 Å². The second-order valence-corrected chi connectivity index (χ2v) is 7.41. The van der Waals surface area contributed by atoms with E-state index in [4.69, 9.17) is 0 Å². The maximum absolute atomic E-state index is 3.72. The van der Waals surface area contributed by atoms with Crippen LogP contribution in [0.2, 0.25) is 0 Å². The van der Waals surface area contributed by atoms with Gasteiger partial charge in [-0.05, 0) is 46.9 Å². The predicted molar refractivity (Wildman–Crippen MR) is 96.0 cm³/mol. The van der Waals surface area contributed by atoms with E-state index in [0.29, 0.717) is 0 Å². The number of benzene rings is 1. The molecule has 4 heteroatoms. The van der Waals surface area contributed by atoms with Crippen LogP contribution in [0.25, 0.3) is 0 Å². The van der Waals surface area contributed by atoms with Crippen LogP contribution < -0.4 is 0 Å². The van der Waals surface area contributed by atoms with Crippen LogP contribution in [-0.4, -0.2) is 10.7 Å². The van der Waals surface area contributed by atoms with Gasteiger partial charge in [0.25, 0.3) is 0 Å². The summed E-state index contributed by atoms with van der Waals surface area (Å²) in [5.74, 6) is 0. The van der Waals surface area contributed by atoms with E-state index in [9.17, 15) is 0 Å². The molecule has 0 radical (unpaired) electrons. The fourth-order valence-corrected chi connectivity index (χ4v) is 5.66. The van der Waals surface area contributed by atoms with Gasteiger partial charge in [-0.25, -0.2) is 0 Å². The zero-order valence-electron chi connectivity index (χ0n) is 10.4. The summed E-state index contributed by atoms with van der Waals surface area (Å²) in [5, 5.41) is 6.31. The van der Waals surface area contributed by atoms with Gasteiger partial charge in [0.1, 0.15) is 0 Å². The second kappa shape index (κ2) is 7.39. The number of halogens is 3. The van der Waals surface area contributed by atoms with E-state index in [0.717, 1.165) is 23.5 Å². The Balaban J connectivity index is 2.24. The molecule has 0 nitrogen and oxygen atoms in total. The summed E-state index contributed by atoms with van der Waals surface area (Å²) >= 11 is 12.9. The molecule has 19 heavy (non-hydrogen) atoms. The monoisotopic (exact) mass is 464 g/mol. The summed E-state index contributed by atoms with van der Waals surface area (Å²) in [4.78, 5) is 0. The van der Waals surface area contributed by atoms with Crippen molar-refractivity contribution in [3.05, 3.63) is 56.7 Å². The summed E-state index contributed by atoms with van der Waals surface area (Å²) in [7, 11) is 0. The van der Waals surface area contributed by atoms with E-state index < -0.39 is 0 Å². The molecular weight excluding hydrogens is 452 g/mol. The van der Waals surface area contributed by atoms with Crippen molar-refractivity contribution in [2.45, 2.75) is 18.3 Å². The molecule has 0 atom stereocenters. The zero-order valence-corrected chi connectivity index (χ0v) is 16.0. The summed E-state index contributed by atoms with van der Waals surface area (Å²) in [5.41, 5.74) is 2.93. The van der Waals surface area contributed by atoms with Crippen LogP contribution in [-0.2, 0) is 11.8 Å². The number of alkyl halides is 2. The molecule has 1 heterocycles. The Labute approximate surface area is 144 Å². The molecular formula is C15H15Br3S. The maximum atomic E-state index is 3.72. The molecule has 0 saturated heterocycles. The standard InChI is InChI=1S/C15H15Br3S/c16-10-15(11-17,7-5-12-6-8-19-9-12)13-3-1-2-4-14(13)18/h1-4,6,8-9H,5,7,10-11H2. The molecule has 0 bridgehead atoms. The highest BCUT2D eigenvalue weighted by atomic mass is 79.9.